The Morgan fingerprint density at radius 1 is 1.33 bits per heavy atom. The monoisotopic (exact) mass is 394 g/mol. The van der Waals surface area contributed by atoms with Crippen LogP contribution in [0.5, 0.6) is 0 Å². The number of amidine groups is 1. The molecule has 2 heterocycles. The Morgan fingerprint density at radius 2 is 2.04 bits per heavy atom. The van der Waals surface area contributed by atoms with Crippen LogP contribution in [0.1, 0.15) is 36.8 Å². The van der Waals surface area contributed by atoms with Gasteiger partial charge in [-0.05, 0) is 39.0 Å². The molecule has 0 aliphatic carbocycles. The fourth-order valence-corrected chi connectivity index (χ4v) is 4.50. The second kappa shape index (κ2) is 6.15. The molecular weight excluding hydrogens is 375 g/mol. The van der Waals surface area contributed by atoms with Crippen molar-refractivity contribution < 1.29 is 22.0 Å². The number of benzene rings is 1. The van der Waals surface area contributed by atoms with Gasteiger partial charge in [-0.1, -0.05) is 0 Å². The number of sulfone groups is 1. The van der Waals surface area contributed by atoms with E-state index in [4.69, 9.17) is 10.2 Å². The third-order valence-electron chi connectivity index (χ3n) is 4.70. The van der Waals surface area contributed by atoms with E-state index in [1.54, 1.807) is 0 Å². The van der Waals surface area contributed by atoms with Crippen LogP contribution in [0, 0.1) is 5.82 Å². The lowest BCUT2D eigenvalue weighted by Crippen LogP contribution is -2.55. The van der Waals surface area contributed by atoms with E-state index < -0.39 is 37.6 Å². The number of hydrogen-bond acceptors (Lipinski definition) is 7. The van der Waals surface area contributed by atoms with Gasteiger partial charge >= 0.3 is 0 Å². The molecule has 1 atom stereocenters. The number of aliphatic imine (C=N–C) groups is 1. The lowest BCUT2D eigenvalue weighted by molar-refractivity contribution is 0.102. The summed E-state index contributed by atoms with van der Waals surface area (Å²) in [6, 6.07) is 3.84. The minimum atomic E-state index is -3.69. The van der Waals surface area contributed by atoms with Crippen molar-refractivity contribution in [3.8, 4) is 0 Å². The van der Waals surface area contributed by atoms with Crippen LogP contribution in [0.2, 0.25) is 0 Å². The van der Waals surface area contributed by atoms with Crippen LogP contribution in [0.4, 0.5) is 10.1 Å². The van der Waals surface area contributed by atoms with Gasteiger partial charge in [-0.25, -0.2) is 17.8 Å². The molecule has 0 saturated heterocycles. The predicted molar refractivity (Wildman–Crippen MR) is 97.7 cm³/mol. The molecule has 0 radical (unpaired) electrons. The third-order valence-corrected chi connectivity index (χ3v) is 7.41. The molecule has 3 rings (SSSR count). The van der Waals surface area contributed by atoms with Crippen LogP contribution in [0.25, 0.3) is 0 Å². The largest absolute Gasteiger partial charge is 0.451 e. The molecule has 0 spiro atoms. The average molecular weight is 394 g/mol. The summed E-state index contributed by atoms with van der Waals surface area (Å²) in [6.07, 6.45) is 2.28. The van der Waals surface area contributed by atoms with Gasteiger partial charge in [0, 0.05) is 11.3 Å². The molecule has 8 nitrogen and oxygen atoms in total. The van der Waals surface area contributed by atoms with E-state index in [9.17, 15) is 17.6 Å². The van der Waals surface area contributed by atoms with Gasteiger partial charge < -0.3 is 15.5 Å². The van der Waals surface area contributed by atoms with Gasteiger partial charge in [-0.2, -0.15) is 0 Å². The van der Waals surface area contributed by atoms with Crippen molar-refractivity contribution in [3.63, 3.8) is 0 Å². The Kier molecular flexibility index (Phi) is 4.34. The Balaban J connectivity index is 2.02. The first-order valence-electron chi connectivity index (χ1n) is 8.04. The fraction of sp³-hybridized carbons (Fsp3) is 0.353. The number of carbonyl (C=O) groups is 1. The number of carbonyl (C=O) groups excluding carboxylic acids is 1. The van der Waals surface area contributed by atoms with Gasteiger partial charge in [0.05, 0.1) is 5.75 Å². The van der Waals surface area contributed by atoms with Crippen LogP contribution >= 0.6 is 0 Å². The Labute approximate surface area is 155 Å². The van der Waals surface area contributed by atoms with Crippen LogP contribution in [0.15, 0.2) is 40.3 Å². The maximum absolute atomic E-state index is 14.5. The molecule has 1 aromatic carbocycles. The molecule has 144 valence electrons. The first kappa shape index (κ1) is 19.0. The zero-order valence-corrected chi connectivity index (χ0v) is 15.8. The lowest BCUT2D eigenvalue weighted by Gasteiger charge is -2.38. The number of nitrogens with two attached hydrogens (primary N) is 1. The van der Waals surface area contributed by atoms with Crippen molar-refractivity contribution >= 4 is 27.3 Å². The Bertz CT molecular complexity index is 1030. The van der Waals surface area contributed by atoms with Crippen molar-refractivity contribution in [2.75, 3.05) is 11.1 Å². The van der Waals surface area contributed by atoms with Gasteiger partial charge in [0.15, 0.2) is 21.9 Å². The summed E-state index contributed by atoms with van der Waals surface area (Å²) in [7, 11) is -3.69. The maximum Gasteiger partial charge on any atom is 0.277 e. The highest BCUT2D eigenvalue weighted by Gasteiger charge is 2.49. The normalized spacial score (nSPS) is 23.5. The molecule has 0 saturated carbocycles. The first-order valence-corrected chi connectivity index (χ1v) is 9.69. The number of aromatic nitrogens is 1. The number of amides is 1. The summed E-state index contributed by atoms with van der Waals surface area (Å²) in [5, 5.41) is 2.56. The van der Waals surface area contributed by atoms with Crippen molar-refractivity contribution in [1.82, 2.24) is 4.98 Å². The van der Waals surface area contributed by atoms with Crippen LogP contribution in [-0.2, 0) is 15.4 Å². The van der Waals surface area contributed by atoms with Crippen LogP contribution in [0.3, 0.4) is 0 Å². The zero-order valence-electron chi connectivity index (χ0n) is 15.0. The van der Waals surface area contributed by atoms with Gasteiger partial charge in [-0.15, -0.1) is 0 Å². The summed E-state index contributed by atoms with van der Waals surface area (Å²) >= 11 is 0. The summed E-state index contributed by atoms with van der Waals surface area (Å²) in [5.74, 6) is -1.70. The van der Waals surface area contributed by atoms with E-state index in [2.05, 4.69) is 15.3 Å². The van der Waals surface area contributed by atoms with Crippen molar-refractivity contribution in [2.24, 2.45) is 10.7 Å². The lowest BCUT2D eigenvalue weighted by atomic mass is 9.92. The van der Waals surface area contributed by atoms with E-state index in [0.717, 1.165) is 12.5 Å². The van der Waals surface area contributed by atoms with Gasteiger partial charge in [0.25, 0.3) is 5.91 Å². The summed E-state index contributed by atoms with van der Waals surface area (Å²) in [5.41, 5.74) is 4.80. The number of nitrogens with one attached hydrogen (secondary N) is 1. The maximum atomic E-state index is 14.5. The summed E-state index contributed by atoms with van der Waals surface area (Å²) in [6.45, 7) is 4.42. The first-order chi connectivity index (χ1) is 12.5. The standard InChI is InChI=1S/C17H19FN4O4S/c1-16(2)15(19)22-17(3,8-27(16,24)25)11-6-10(4-5-12(11)18)21-14(23)13-7-26-9-20-13/h4-7,9H,8H2,1-3H3,(H2,19,22)(H,21,23)/t17-/m0/s1. The van der Waals surface area contributed by atoms with Crippen molar-refractivity contribution in [3.05, 3.63) is 47.9 Å². The average Bonchev–Trinajstić information content (AvgIpc) is 3.09. The Hall–Kier alpha value is -2.75. The minimum Gasteiger partial charge on any atom is -0.451 e. The van der Waals surface area contributed by atoms with Gasteiger partial charge in [0.2, 0.25) is 0 Å². The number of anilines is 1. The third kappa shape index (κ3) is 3.20. The van der Waals surface area contributed by atoms with Crippen LogP contribution in [-0.4, -0.2) is 35.6 Å². The molecule has 27 heavy (non-hydrogen) atoms. The highest BCUT2D eigenvalue weighted by molar-refractivity contribution is 7.93. The van der Waals surface area contributed by atoms with E-state index in [0.29, 0.717) is 0 Å². The molecule has 1 amide bonds. The number of oxazole rings is 1. The number of halogens is 1. The quantitative estimate of drug-likeness (QED) is 0.818. The highest BCUT2D eigenvalue weighted by Crippen LogP contribution is 2.38. The van der Waals surface area contributed by atoms with Crippen molar-refractivity contribution in [1.29, 1.82) is 0 Å². The summed E-state index contributed by atoms with van der Waals surface area (Å²) < 4.78 is 43.3. The minimum absolute atomic E-state index is 0.0162. The van der Waals surface area contributed by atoms with E-state index in [-0.39, 0.29) is 22.8 Å². The smallest absolute Gasteiger partial charge is 0.277 e. The number of nitrogens with zero attached hydrogens (tertiary/aromatic N) is 2. The van der Waals surface area contributed by atoms with Gasteiger partial charge in [0.1, 0.15) is 28.2 Å². The fourth-order valence-electron chi connectivity index (χ4n) is 2.82. The summed E-state index contributed by atoms with van der Waals surface area (Å²) in [4.78, 5) is 20.1. The molecule has 0 fully saturated rings. The Morgan fingerprint density at radius 3 is 2.63 bits per heavy atom. The van der Waals surface area contributed by atoms with E-state index in [1.165, 1.54) is 39.2 Å². The molecule has 1 aromatic heterocycles. The molecular formula is C17H19FN4O4S. The zero-order chi connectivity index (χ0) is 20.0. The van der Waals surface area contributed by atoms with Crippen LogP contribution < -0.4 is 11.1 Å². The second-order valence-electron chi connectivity index (χ2n) is 7.06. The predicted octanol–water partition coefficient (Wildman–Crippen LogP) is 1.85. The van der Waals surface area contributed by atoms with E-state index >= 15 is 0 Å². The molecule has 1 aliphatic rings. The van der Waals surface area contributed by atoms with E-state index in [1.807, 2.05) is 0 Å². The topological polar surface area (TPSA) is 128 Å². The molecule has 2 aromatic rings. The number of hydrogen-bond donors (Lipinski definition) is 2. The van der Waals surface area contributed by atoms with Crippen molar-refractivity contribution in [2.45, 2.75) is 31.1 Å². The number of rotatable bonds is 3. The SMILES string of the molecule is CC1(C)C(N)=N[C@](C)(c2cc(NC(=O)c3cocn3)ccc2F)CS1(=O)=O. The second-order valence-corrected chi connectivity index (χ2v) is 9.60. The molecule has 3 N–H and O–H groups in total. The molecule has 0 bridgehead atoms. The molecule has 10 heteroatoms. The molecule has 1 aliphatic heterocycles. The molecule has 0 unspecified atom stereocenters. The van der Waals surface area contributed by atoms with Gasteiger partial charge in [-0.3, -0.25) is 9.79 Å². The highest BCUT2D eigenvalue weighted by atomic mass is 32.2.